The average Bonchev–Trinajstić information content (AvgIpc) is 3.38. The van der Waals surface area contributed by atoms with Gasteiger partial charge in [0, 0.05) is 23.7 Å². The van der Waals surface area contributed by atoms with Crippen LogP contribution in [0.2, 0.25) is 0 Å². The first-order chi connectivity index (χ1) is 15.3. The van der Waals surface area contributed by atoms with Gasteiger partial charge >= 0.3 is 5.97 Å². The summed E-state index contributed by atoms with van der Waals surface area (Å²) < 4.78 is 7.10. The summed E-state index contributed by atoms with van der Waals surface area (Å²) in [5, 5.41) is 12.4. The van der Waals surface area contributed by atoms with Crippen LogP contribution in [0.25, 0.3) is 0 Å². The van der Waals surface area contributed by atoms with Gasteiger partial charge in [-0.25, -0.2) is 0 Å². The van der Waals surface area contributed by atoms with E-state index in [0.717, 1.165) is 42.5 Å². The third-order valence-electron chi connectivity index (χ3n) is 6.11. The van der Waals surface area contributed by atoms with Crippen LogP contribution in [0.5, 0.6) is 0 Å². The van der Waals surface area contributed by atoms with Crippen molar-refractivity contribution in [3.8, 4) is 6.07 Å². The Bertz CT molecular complexity index is 1050. The second kappa shape index (κ2) is 10.3. The van der Waals surface area contributed by atoms with Crippen molar-refractivity contribution in [3.05, 3.63) is 52.2 Å². The molecule has 2 aromatic rings. The summed E-state index contributed by atoms with van der Waals surface area (Å²) >= 11 is 0. The predicted molar refractivity (Wildman–Crippen MR) is 120 cm³/mol. The van der Waals surface area contributed by atoms with Crippen LogP contribution in [0.3, 0.4) is 0 Å². The highest BCUT2D eigenvalue weighted by Crippen LogP contribution is 2.37. The number of rotatable bonds is 8. The standard InChI is InChI=1S/C25H29N3O4/c1-16-8-10-19(11-9-16)22(29)12-13-24(31)32-15-23(30)27-25-21(14-26)17(2)18(3)28(25)20-6-4-5-7-20/h8-11,20H,4-7,12-13,15H2,1-3H3,(H,27,30). The fourth-order valence-electron chi connectivity index (χ4n) is 4.19. The van der Waals surface area contributed by atoms with Gasteiger partial charge in [0.2, 0.25) is 0 Å². The molecule has 1 N–H and O–H groups in total. The number of hydrogen-bond acceptors (Lipinski definition) is 5. The van der Waals surface area contributed by atoms with Crippen LogP contribution in [0.4, 0.5) is 5.82 Å². The summed E-state index contributed by atoms with van der Waals surface area (Å²) in [5.41, 5.74) is 3.86. The molecular formula is C25H29N3O4. The molecule has 7 heteroatoms. The van der Waals surface area contributed by atoms with E-state index in [0.29, 0.717) is 16.9 Å². The summed E-state index contributed by atoms with van der Waals surface area (Å²) in [6.07, 6.45) is 4.18. The largest absolute Gasteiger partial charge is 0.456 e. The molecule has 0 saturated heterocycles. The predicted octanol–water partition coefficient (Wildman–Crippen LogP) is 4.54. The van der Waals surface area contributed by atoms with Gasteiger partial charge in [0.25, 0.3) is 5.91 Å². The maximum atomic E-state index is 12.5. The number of Topliss-reactive ketones (excluding diaryl/α,β-unsaturated/α-hetero) is 1. The normalized spacial score (nSPS) is 13.6. The highest BCUT2D eigenvalue weighted by molar-refractivity contribution is 5.98. The van der Waals surface area contributed by atoms with Crippen molar-refractivity contribution in [3.63, 3.8) is 0 Å². The Hall–Kier alpha value is -3.40. The lowest BCUT2D eigenvalue weighted by molar-refractivity contribution is -0.147. The van der Waals surface area contributed by atoms with E-state index in [1.165, 1.54) is 0 Å². The summed E-state index contributed by atoms with van der Waals surface area (Å²) in [6.45, 7) is 5.30. The fraction of sp³-hybridized carbons (Fsp3) is 0.440. The van der Waals surface area contributed by atoms with Crippen LogP contribution >= 0.6 is 0 Å². The van der Waals surface area contributed by atoms with Crippen LogP contribution in [-0.4, -0.2) is 28.8 Å². The molecule has 1 aliphatic carbocycles. The third kappa shape index (κ3) is 5.25. The van der Waals surface area contributed by atoms with Crippen molar-refractivity contribution in [2.75, 3.05) is 11.9 Å². The zero-order valence-corrected chi connectivity index (χ0v) is 18.9. The van der Waals surface area contributed by atoms with Gasteiger partial charge in [-0.15, -0.1) is 0 Å². The number of carbonyl (C=O) groups excluding carboxylic acids is 3. The molecule has 168 valence electrons. The molecule has 0 spiro atoms. The number of carbonyl (C=O) groups is 3. The van der Waals surface area contributed by atoms with Crippen molar-refractivity contribution in [2.24, 2.45) is 0 Å². The van der Waals surface area contributed by atoms with Crippen LogP contribution < -0.4 is 5.32 Å². The number of esters is 1. The number of amides is 1. The molecule has 32 heavy (non-hydrogen) atoms. The van der Waals surface area contributed by atoms with E-state index in [-0.39, 0.29) is 24.7 Å². The van der Waals surface area contributed by atoms with E-state index >= 15 is 0 Å². The first-order valence-corrected chi connectivity index (χ1v) is 11.0. The van der Waals surface area contributed by atoms with Crippen LogP contribution in [0.15, 0.2) is 24.3 Å². The number of aromatic nitrogens is 1. The highest BCUT2D eigenvalue weighted by atomic mass is 16.5. The number of aryl methyl sites for hydroxylation is 1. The van der Waals surface area contributed by atoms with Gasteiger partial charge in [-0.1, -0.05) is 42.7 Å². The van der Waals surface area contributed by atoms with Gasteiger partial charge in [-0.3, -0.25) is 14.4 Å². The summed E-state index contributed by atoms with van der Waals surface area (Å²) in [4.78, 5) is 36.7. The number of hydrogen-bond donors (Lipinski definition) is 1. The van der Waals surface area contributed by atoms with E-state index in [1.54, 1.807) is 12.1 Å². The molecule has 1 aromatic carbocycles. The smallest absolute Gasteiger partial charge is 0.306 e. The number of nitriles is 1. The Morgan fingerprint density at radius 2 is 1.75 bits per heavy atom. The second-order valence-electron chi connectivity index (χ2n) is 8.35. The zero-order valence-electron chi connectivity index (χ0n) is 18.9. The maximum absolute atomic E-state index is 12.5. The molecule has 0 atom stereocenters. The number of anilines is 1. The molecular weight excluding hydrogens is 406 g/mol. The van der Waals surface area contributed by atoms with Gasteiger partial charge in [0.1, 0.15) is 11.9 Å². The van der Waals surface area contributed by atoms with Crippen LogP contribution in [-0.2, 0) is 14.3 Å². The summed E-state index contributed by atoms with van der Waals surface area (Å²) in [7, 11) is 0. The monoisotopic (exact) mass is 435 g/mol. The van der Waals surface area contributed by atoms with Crippen LogP contribution in [0, 0.1) is 32.1 Å². The van der Waals surface area contributed by atoms with E-state index in [2.05, 4.69) is 11.4 Å². The Labute approximate surface area is 188 Å². The minimum absolute atomic E-state index is 0.0189. The Kier molecular flexibility index (Phi) is 7.47. The Balaban J connectivity index is 1.56. The lowest BCUT2D eigenvalue weighted by Gasteiger charge is -2.19. The minimum Gasteiger partial charge on any atom is -0.456 e. The number of benzene rings is 1. The van der Waals surface area contributed by atoms with Crippen molar-refractivity contribution < 1.29 is 19.1 Å². The molecule has 7 nitrogen and oxygen atoms in total. The van der Waals surface area contributed by atoms with E-state index in [9.17, 15) is 19.6 Å². The average molecular weight is 436 g/mol. The van der Waals surface area contributed by atoms with Gasteiger partial charge in [0.15, 0.2) is 12.4 Å². The molecule has 0 radical (unpaired) electrons. The Morgan fingerprint density at radius 3 is 2.38 bits per heavy atom. The van der Waals surface area contributed by atoms with Gasteiger partial charge in [0.05, 0.1) is 12.0 Å². The highest BCUT2D eigenvalue weighted by Gasteiger charge is 2.26. The minimum atomic E-state index is -0.611. The first kappa shape index (κ1) is 23.3. The van der Waals surface area contributed by atoms with Crippen molar-refractivity contribution in [1.82, 2.24) is 4.57 Å². The Morgan fingerprint density at radius 1 is 1.09 bits per heavy atom. The molecule has 0 aliphatic heterocycles. The van der Waals surface area contributed by atoms with E-state index in [1.807, 2.05) is 37.5 Å². The maximum Gasteiger partial charge on any atom is 0.306 e. The number of nitrogens with zero attached hydrogens (tertiary/aromatic N) is 2. The summed E-state index contributed by atoms with van der Waals surface area (Å²) in [5.74, 6) is -0.786. The molecule has 1 saturated carbocycles. The van der Waals surface area contributed by atoms with E-state index in [4.69, 9.17) is 4.74 Å². The molecule has 1 aromatic heterocycles. The topological polar surface area (TPSA) is 101 Å². The fourth-order valence-corrected chi connectivity index (χ4v) is 4.19. The quantitative estimate of drug-likeness (QED) is 0.484. The molecule has 1 aliphatic rings. The molecule has 1 heterocycles. The molecule has 0 bridgehead atoms. The van der Waals surface area contributed by atoms with Gasteiger partial charge in [-0.05, 0) is 39.2 Å². The number of ketones is 1. The summed E-state index contributed by atoms with van der Waals surface area (Å²) in [6, 6.07) is 9.59. The molecule has 3 rings (SSSR count). The third-order valence-corrected chi connectivity index (χ3v) is 6.11. The lowest BCUT2D eigenvalue weighted by atomic mass is 10.1. The van der Waals surface area contributed by atoms with Crippen LogP contribution in [0.1, 0.15) is 77.3 Å². The molecule has 0 unspecified atom stereocenters. The van der Waals surface area contributed by atoms with E-state index < -0.39 is 18.5 Å². The SMILES string of the molecule is Cc1ccc(C(=O)CCC(=O)OCC(=O)Nc2c(C#N)c(C)c(C)n2C2CCCC2)cc1. The number of nitrogens with one attached hydrogen (secondary N) is 1. The lowest BCUT2D eigenvalue weighted by Crippen LogP contribution is -2.24. The first-order valence-electron chi connectivity index (χ1n) is 11.0. The van der Waals surface area contributed by atoms with Gasteiger partial charge in [-0.2, -0.15) is 5.26 Å². The second-order valence-corrected chi connectivity index (χ2v) is 8.35. The van der Waals surface area contributed by atoms with Crippen molar-refractivity contribution in [1.29, 1.82) is 5.26 Å². The molecule has 1 fully saturated rings. The molecule has 1 amide bonds. The number of ether oxygens (including phenoxy) is 1. The van der Waals surface area contributed by atoms with Gasteiger partial charge < -0.3 is 14.6 Å². The van der Waals surface area contributed by atoms with Crippen molar-refractivity contribution >= 4 is 23.5 Å². The zero-order chi connectivity index (χ0) is 23.3. The van der Waals surface area contributed by atoms with Crippen molar-refractivity contribution in [2.45, 2.75) is 65.3 Å².